The predicted molar refractivity (Wildman–Crippen MR) is 380 cm³/mol. The molecule has 0 aromatic carbocycles. The van der Waals surface area contributed by atoms with Crippen LogP contribution in [0.15, 0.2) is 97.2 Å². The van der Waals surface area contributed by atoms with Gasteiger partial charge < -0.3 is 28.8 Å². The molecule has 0 saturated heterocycles. The fourth-order valence-electron chi connectivity index (χ4n) is 10.8. The summed E-state index contributed by atoms with van der Waals surface area (Å²) in [6, 6.07) is -0.913. The van der Waals surface area contributed by atoms with Crippen molar-refractivity contribution in [2.24, 2.45) is 0 Å². The number of rotatable bonds is 68. The Kier molecular flexibility index (Phi) is 65.8. The standard InChI is InChI=1S/C78H143N2O6P/c1-6-8-10-12-14-16-18-20-22-24-26-28-30-32-33-34-35-36-37-38-39-40-41-42-43-44-45-46-47-48-50-52-54-56-58-60-62-64-66-68-70-72-78(82)79-76(75-86-87(83,84)85-74-73-80(3,4)5)77(81)71-69-67-65-63-61-59-57-55-53-51-49-31-29-27-25-23-21-19-17-15-13-11-9-7-2/h8,10,14,16,20,22,26,28,32-33,53,55,61,63,69,71,76-77,81H,6-7,9,11-13,15,17-19,21,23-25,27,29-31,34-52,54,56-60,62,64-68,70,72-75H2,1-5H3,(H-,79,82,83,84)/b10-8-,16-14-,22-20-,28-26-,33-32-,55-53+,63-61+,71-69+. The molecule has 0 aliphatic rings. The van der Waals surface area contributed by atoms with E-state index < -0.39 is 26.6 Å². The first-order valence-corrected chi connectivity index (χ1v) is 38.6. The van der Waals surface area contributed by atoms with Gasteiger partial charge in [0.1, 0.15) is 13.2 Å². The fourth-order valence-corrected chi connectivity index (χ4v) is 11.5. The number of hydrogen-bond acceptors (Lipinski definition) is 6. The highest BCUT2D eigenvalue weighted by Gasteiger charge is 2.23. The second kappa shape index (κ2) is 67.8. The maximum absolute atomic E-state index is 13.0. The number of likely N-dealkylation sites (N-methyl/N-ethyl adjacent to an activating group) is 1. The number of aliphatic hydroxyl groups is 1. The average Bonchev–Trinajstić information content (AvgIpc) is 3.71. The number of nitrogens with zero attached hydrogens (tertiary/aromatic N) is 1. The second-order valence-corrected chi connectivity index (χ2v) is 27.7. The average molecular weight is 1240 g/mol. The van der Waals surface area contributed by atoms with Gasteiger partial charge in [-0.05, 0) is 89.9 Å². The minimum absolute atomic E-state index is 0.00989. The van der Waals surface area contributed by atoms with Gasteiger partial charge >= 0.3 is 0 Å². The molecule has 0 aliphatic carbocycles. The number of amides is 1. The minimum Gasteiger partial charge on any atom is -0.756 e. The molecular weight excluding hydrogens is 1090 g/mol. The molecule has 3 unspecified atom stereocenters. The molecule has 87 heavy (non-hydrogen) atoms. The lowest BCUT2D eigenvalue weighted by Crippen LogP contribution is -2.45. The third kappa shape index (κ3) is 70.7. The number of carbonyl (C=O) groups excluding carboxylic acids is 1. The smallest absolute Gasteiger partial charge is 0.268 e. The monoisotopic (exact) mass is 1240 g/mol. The summed E-state index contributed by atoms with van der Waals surface area (Å²) >= 11 is 0. The molecule has 0 aliphatic heterocycles. The van der Waals surface area contributed by atoms with Crippen LogP contribution in [-0.4, -0.2) is 68.5 Å². The van der Waals surface area contributed by atoms with Gasteiger partial charge in [-0.2, -0.15) is 0 Å². The van der Waals surface area contributed by atoms with E-state index in [0.717, 1.165) is 77.0 Å². The summed E-state index contributed by atoms with van der Waals surface area (Å²) in [6.07, 6.45) is 98.5. The SMILES string of the molecule is CC/C=C\C/C=C\C/C=C\C/C=C\C/C=C\CCCCCCCCCCCCCCCCCCCCCCCCCCCC(=O)NC(COP(=O)([O-])OCC[N+](C)(C)C)C(O)/C=C/CC/C=C/CC/C=C/CCCCCCCCCCCCCCCC. The van der Waals surface area contributed by atoms with Gasteiger partial charge in [0.2, 0.25) is 5.91 Å². The summed E-state index contributed by atoms with van der Waals surface area (Å²) in [6.45, 7) is 4.54. The second-order valence-electron chi connectivity index (χ2n) is 26.3. The first kappa shape index (κ1) is 84.4. The lowest BCUT2D eigenvalue weighted by Gasteiger charge is -2.29. The molecule has 0 radical (unpaired) electrons. The molecule has 3 atom stereocenters. The van der Waals surface area contributed by atoms with Crippen LogP contribution < -0.4 is 10.2 Å². The number of allylic oxidation sites excluding steroid dienone is 15. The highest BCUT2D eigenvalue weighted by molar-refractivity contribution is 7.45. The molecule has 0 rings (SSSR count). The molecular formula is C78H143N2O6P. The highest BCUT2D eigenvalue weighted by Crippen LogP contribution is 2.38. The molecule has 2 N–H and O–H groups in total. The van der Waals surface area contributed by atoms with E-state index in [-0.39, 0.29) is 12.5 Å². The van der Waals surface area contributed by atoms with Gasteiger partial charge in [0.05, 0.1) is 39.9 Å². The molecule has 0 heterocycles. The maximum Gasteiger partial charge on any atom is 0.268 e. The topological polar surface area (TPSA) is 108 Å². The Morgan fingerprint density at radius 1 is 0.414 bits per heavy atom. The van der Waals surface area contributed by atoms with Crippen molar-refractivity contribution in [3.05, 3.63) is 97.2 Å². The third-order valence-corrected chi connectivity index (χ3v) is 17.5. The first-order chi connectivity index (χ1) is 42.5. The van der Waals surface area contributed by atoms with Crippen LogP contribution in [-0.2, 0) is 18.4 Å². The summed E-state index contributed by atoms with van der Waals surface area (Å²) in [5, 5.41) is 13.9. The van der Waals surface area contributed by atoms with Crippen molar-refractivity contribution in [3.8, 4) is 0 Å². The normalized spacial score (nSPS) is 14.1. The van der Waals surface area contributed by atoms with Crippen LogP contribution in [0.5, 0.6) is 0 Å². The van der Waals surface area contributed by atoms with Crippen molar-refractivity contribution in [3.63, 3.8) is 0 Å². The van der Waals surface area contributed by atoms with Gasteiger partial charge in [-0.3, -0.25) is 9.36 Å². The molecule has 0 aromatic rings. The molecule has 0 bridgehead atoms. The van der Waals surface area contributed by atoms with Gasteiger partial charge in [0, 0.05) is 6.42 Å². The predicted octanol–water partition coefficient (Wildman–Crippen LogP) is 23.4. The molecule has 0 aromatic heterocycles. The molecule has 0 saturated carbocycles. The number of unbranched alkanes of at least 4 members (excludes halogenated alkanes) is 41. The summed E-state index contributed by atoms with van der Waals surface area (Å²) < 4.78 is 23.4. The van der Waals surface area contributed by atoms with E-state index in [9.17, 15) is 19.4 Å². The summed E-state index contributed by atoms with van der Waals surface area (Å²) in [5.74, 6) is -0.207. The zero-order valence-corrected chi connectivity index (χ0v) is 58.9. The van der Waals surface area contributed by atoms with Crippen LogP contribution in [0.25, 0.3) is 0 Å². The van der Waals surface area contributed by atoms with E-state index in [1.165, 1.54) is 244 Å². The molecule has 0 spiro atoms. The van der Waals surface area contributed by atoms with Crippen molar-refractivity contribution in [1.29, 1.82) is 0 Å². The van der Waals surface area contributed by atoms with E-state index in [1.54, 1.807) is 6.08 Å². The first-order valence-electron chi connectivity index (χ1n) is 37.1. The number of phosphoric acid groups is 1. The van der Waals surface area contributed by atoms with Crippen LogP contribution in [0.4, 0.5) is 0 Å². The quantitative estimate of drug-likeness (QED) is 0.0272. The third-order valence-electron chi connectivity index (χ3n) is 16.5. The van der Waals surface area contributed by atoms with E-state index in [1.807, 2.05) is 27.2 Å². The van der Waals surface area contributed by atoms with E-state index in [4.69, 9.17) is 9.05 Å². The van der Waals surface area contributed by atoms with Crippen molar-refractivity contribution in [2.45, 2.75) is 353 Å². The fraction of sp³-hybridized carbons (Fsp3) is 0.782. The van der Waals surface area contributed by atoms with Crippen LogP contribution in [0.2, 0.25) is 0 Å². The van der Waals surface area contributed by atoms with Crippen molar-refractivity contribution < 1.29 is 32.9 Å². The van der Waals surface area contributed by atoms with Crippen molar-refractivity contribution >= 4 is 13.7 Å². The maximum atomic E-state index is 13.0. The lowest BCUT2D eigenvalue weighted by molar-refractivity contribution is -0.870. The largest absolute Gasteiger partial charge is 0.756 e. The van der Waals surface area contributed by atoms with Crippen LogP contribution >= 0.6 is 7.82 Å². The zero-order valence-electron chi connectivity index (χ0n) is 58.0. The van der Waals surface area contributed by atoms with Crippen LogP contribution in [0.3, 0.4) is 0 Å². The Balaban J connectivity index is 3.99. The van der Waals surface area contributed by atoms with E-state index in [0.29, 0.717) is 17.4 Å². The zero-order chi connectivity index (χ0) is 63.4. The number of quaternary nitrogens is 1. The Hall–Kier alpha value is -2.58. The lowest BCUT2D eigenvalue weighted by atomic mass is 10.0. The number of aliphatic hydroxyl groups excluding tert-OH is 1. The number of carbonyl (C=O) groups is 1. The Morgan fingerprint density at radius 3 is 1.07 bits per heavy atom. The van der Waals surface area contributed by atoms with Gasteiger partial charge in [-0.15, -0.1) is 0 Å². The highest BCUT2D eigenvalue weighted by atomic mass is 31.2. The Morgan fingerprint density at radius 2 is 0.713 bits per heavy atom. The van der Waals surface area contributed by atoms with Crippen molar-refractivity contribution in [2.75, 3.05) is 40.9 Å². The van der Waals surface area contributed by atoms with Crippen LogP contribution in [0.1, 0.15) is 341 Å². The van der Waals surface area contributed by atoms with Crippen molar-refractivity contribution in [1.82, 2.24) is 5.32 Å². The van der Waals surface area contributed by atoms with Crippen LogP contribution in [0, 0.1) is 0 Å². The Labute approximate surface area is 540 Å². The molecule has 506 valence electrons. The molecule has 1 amide bonds. The van der Waals surface area contributed by atoms with Gasteiger partial charge in [-0.25, -0.2) is 0 Å². The van der Waals surface area contributed by atoms with Gasteiger partial charge in [0.25, 0.3) is 7.82 Å². The summed E-state index contributed by atoms with van der Waals surface area (Å²) in [4.78, 5) is 25.6. The molecule has 0 fully saturated rings. The molecule has 9 heteroatoms. The van der Waals surface area contributed by atoms with Gasteiger partial charge in [0.15, 0.2) is 0 Å². The van der Waals surface area contributed by atoms with E-state index in [2.05, 4.69) is 104 Å². The minimum atomic E-state index is -4.62. The number of nitrogens with one attached hydrogen (secondary N) is 1. The summed E-state index contributed by atoms with van der Waals surface area (Å²) in [7, 11) is 1.24. The summed E-state index contributed by atoms with van der Waals surface area (Å²) in [5.41, 5.74) is 0. The Bertz CT molecular complexity index is 1740. The molecule has 8 nitrogen and oxygen atoms in total. The van der Waals surface area contributed by atoms with Gasteiger partial charge in [-0.1, -0.05) is 342 Å². The number of hydrogen-bond donors (Lipinski definition) is 2. The van der Waals surface area contributed by atoms with E-state index >= 15 is 0 Å². The number of phosphoric ester groups is 1.